The Kier molecular flexibility index (Phi) is 8.13. The molecule has 0 saturated heterocycles. The maximum absolute atomic E-state index is 13.1. The predicted molar refractivity (Wildman–Crippen MR) is 143 cm³/mol. The fourth-order valence-corrected chi connectivity index (χ4v) is 4.42. The minimum atomic E-state index is -0.199. The van der Waals surface area contributed by atoms with Crippen molar-refractivity contribution < 1.29 is 9.69 Å². The van der Waals surface area contributed by atoms with Gasteiger partial charge in [-0.05, 0) is 48.1 Å². The Balaban J connectivity index is 1.38. The number of fused-ring (bicyclic) bond motifs is 1. The summed E-state index contributed by atoms with van der Waals surface area (Å²) in [5.74, 6) is -0.169. The zero-order valence-corrected chi connectivity index (χ0v) is 21.1. The molecule has 0 bridgehead atoms. The van der Waals surface area contributed by atoms with Crippen molar-refractivity contribution in [3.8, 4) is 0 Å². The van der Waals surface area contributed by atoms with Gasteiger partial charge in [0, 0.05) is 29.1 Å². The van der Waals surface area contributed by atoms with Crippen LogP contribution >= 0.6 is 23.8 Å². The third-order valence-corrected chi connectivity index (χ3v) is 6.49. The van der Waals surface area contributed by atoms with Crippen LogP contribution in [0.15, 0.2) is 77.6 Å². The predicted octanol–water partition coefficient (Wildman–Crippen LogP) is 3.60. The van der Waals surface area contributed by atoms with E-state index in [1.165, 1.54) is 15.0 Å². The Hall–Kier alpha value is -3.26. The van der Waals surface area contributed by atoms with Crippen molar-refractivity contribution >= 4 is 40.6 Å². The zero-order chi connectivity index (χ0) is 24.8. The van der Waals surface area contributed by atoms with Crippen molar-refractivity contribution in [3.05, 3.63) is 110 Å². The summed E-state index contributed by atoms with van der Waals surface area (Å²) < 4.78 is 1.81. The Morgan fingerprint density at radius 2 is 1.80 bits per heavy atom. The molecule has 0 spiro atoms. The van der Waals surface area contributed by atoms with Crippen LogP contribution in [0.5, 0.6) is 0 Å². The number of rotatable bonds is 9. The van der Waals surface area contributed by atoms with Gasteiger partial charge in [0.15, 0.2) is 4.77 Å². The second-order valence-corrected chi connectivity index (χ2v) is 9.51. The van der Waals surface area contributed by atoms with Crippen LogP contribution in [0.1, 0.15) is 27.9 Å². The molecule has 1 unspecified atom stereocenters. The highest BCUT2D eigenvalue weighted by molar-refractivity contribution is 7.71. The topological polar surface area (TPSA) is 71.3 Å². The molecule has 3 aromatic carbocycles. The molecule has 4 aromatic rings. The van der Waals surface area contributed by atoms with Crippen molar-refractivity contribution in [1.29, 1.82) is 0 Å². The Bertz CT molecular complexity index is 1430. The number of aromatic nitrogens is 2. The van der Waals surface area contributed by atoms with Gasteiger partial charge in [-0.1, -0.05) is 54.1 Å². The summed E-state index contributed by atoms with van der Waals surface area (Å²) in [4.78, 5) is 30.2. The summed E-state index contributed by atoms with van der Waals surface area (Å²) in [6.07, 6.45) is 0.871. The average molecular weight is 508 g/mol. The Morgan fingerprint density at radius 3 is 2.54 bits per heavy atom. The van der Waals surface area contributed by atoms with Crippen LogP contribution in [0.25, 0.3) is 10.9 Å². The minimum absolute atomic E-state index is 0.169. The summed E-state index contributed by atoms with van der Waals surface area (Å²) in [6, 6.07) is 22.7. The number of nitrogens with one attached hydrogen (secondary N) is 3. The molecule has 35 heavy (non-hydrogen) atoms. The van der Waals surface area contributed by atoms with Gasteiger partial charge < -0.3 is 15.2 Å². The van der Waals surface area contributed by atoms with E-state index in [1.807, 2.05) is 30.3 Å². The SMILES string of the molecule is C[NH+](CCCNC(=O)c1ccc2c(=O)n(Cc3ccc(Cl)cc3)c(=S)[nH]c2c1)Cc1ccccc1. The number of quaternary nitrogens is 1. The van der Waals surface area contributed by atoms with Crippen LogP contribution in [0.2, 0.25) is 5.02 Å². The van der Waals surface area contributed by atoms with Crippen LogP contribution in [0.3, 0.4) is 0 Å². The van der Waals surface area contributed by atoms with E-state index in [1.54, 1.807) is 30.3 Å². The van der Waals surface area contributed by atoms with Gasteiger partial charge in [0.1, 0.15) is 6.54 Å². The van der Waals surface area contributed by atoms with Gasteiger partial charge in [-0.25, -0.2) is 0 Å². The third kappa shape index (κ3) is 6.45. The molecule has 0 fully saturated rings. The van der Waals surface area contributed by atoms with Crippen LogP contribution in [-0.4, -0.2) is 35.6 Å². The summed E-state index contributed by atoms with van der Waals surface area (Å²) >= 11 is 11.4. The van der Waals surface area contributed by atoms with Crippen LogP contribution in [-0.2, 0) is 13.1 Å². The van der Waals surface area contributed by atoms with Gasteiger partial charge in [-0.2, -0.15) is 0 Å². The van der Waals surface area contributed by atoms with Crippen molar-refractivity contribution in [2.45, 2.75) is 19.5 Å². The number of H-pyrrole nitrogens is 1. The van der Waals surface area contributed by atoms with Gasteiger partial charge in [-0.15, -0.1) is 0 Å². The van der Waals surface area contributed by atoms with Crippen molar-refractivity contribution in [2.75, 3.05) is 20.1 Å². The molecule has 180 valence electrons. The first-order valence-electron chi connectivity index (χ1n) is 11.6. The molecular formula is C27H28ClN4O2S+. The number of halogens is 1. The van der Waals surface area contributed by atoms with Gasteiger partial charge in [0.2, 0.25) is 0 Å². The summed E-state index contributed by atoms with van der Waals surface area (Å²) in [6.45, 7) is 2.83. The number of carbonyl (C=O) groups is 1. The zero-order valence-electron chi connectivity index (χ0n) is 19.5. The average Bonchev–Trinajstić information content (AvgIpc) is 2.85. The van der Waals surface area contributed by atoms with Crippen molar-refractivity contribution in [1.82, 2.24) is 14.9 Å². The Morgan fingerprint density at radius 1 is 1.06 bits per heavy atom. The standard InChI is InChI=1S/C27H27ClN4O2S/c1-31(17-19-6-3-2-4-7-19)15-5-14-29-25(33)21-10-13-23-24(16-21)30-27(35)32(26(23)34)18-20-8-11-22(28)12-9-20/h2-4,6-13,16H,5,14-15,17-18H2,1H3,(H,29,33)(H,30,35)/p+1. The lowest BCUT2D eigenvalue weighted by molar-refractivity contribution is -0.893. The number of hydrogen-bond acceptors (Lipinski definition) is 3. The second-order valence-electron chi connectivity index (χ2n) is 8.69. The smallest absolute Gasteiger partial charge is 0.262 e. The van der Waals surface area contributed by atoms with Gasteiger partial charge in [0.25, 0.3) is 11.5 Å². The number of amides is 1. The molecule has 0 aliphatic heterocycles. The second kappa shape index (κ2) is 11.4. The normalized spacial score (nSPS) is 11.9. The minimum Gasteiger partial charge on any atom is -0.352 e. The number of carbonyl (C=O) groups excluding carboxylic acids is 1. The maximum Gasteiger partial charge on any atom is 0.262 e. The summed E-state index contributed by atoms with van der Waals surface area (Å²) in [7, 11) is 2.15. The van der Waals surface area contributed by atoms with E-state index in [-0.39, 0.29) is 11.5 Å². The van der Waals surface area contributed by atoms with Crippen molar-refractivity contribution in [3.63, 3.8) is 0 Å². The highest BCUT2D eigenvalue weighted by atomic mass is 35.5. The first-order valence-corrected chi connectivity index (χ1v) is 12.3. The van der Waals surface area contributed by atoms with E-state index >= 15 is 0 Å². The van der Waals surface area contributed by atoms with E-state index in [2.05, 4.69) is 29.5 Å². The number of benzene rings is 3. The first kappa shape index (κ1) is 24.9. The molecule has 8 heteroatoms. The van der Waals surface area contributed by atoms with E-state index in [0.717, 1.165) is 25.1 Å². The lowest BCUT2D eigenvalue weighted by Gasteiger charge is -2.14. The lowest BCUT2D eigenvalue weighted by atomic mass is 10.1. The third-order valence-electron chi connectivity index (χ3n) is 5.91. The van der Waals surface area contributed by atoms with E-state index < -0.39 is 0 Å². The number of aromatic amines is 1. The van der Waals surface area contributed by atoms with Gasteiger partial charge >= 0.3 is 0 Å². The van der Waals surface area contributed by atoms with Crippen molar-refractivity contribution in [2.24, 2.45) is 0 Å². The molecule has 0 aliphatic rings. The first-order chi connectivity index (χ1) is 16.9. The number of nitrogens with zero attached hydrogens (tertiary/aromatic N) is 1. The molecule has 3 N–H and O–H groups in total. The lowest BCUT2D eigenvalue weighted by Crippen LogP contribution is -3.07. The molecule has 6 nitrogen and oxygen atoms in total. The fourth-order valence-electron chi connectivity index (χ4n) is 4.04. The highest BCUT2D eigenvalue weighted by Crippen LogP contribution is 2.13. The fraction of sp³-hybridized carbons (Fsp3) is 0.222. The highest BCUT2D eigenvalue weighted by Gasteiger charge is 2.11. The quantitative estimate of drug-likeness (QED) is 0.239. The largest absolute Gasteiger partial charge is 0.352 e. The van der Waals surface area contributed by atoms with Crippen LogP contribution < -0.4 is 15.8 Å². The molecule has 0 aliphatic carbocycles. The monoisotopic (exact) mass is 507 g/mol. The van der Waals surface area contributed by atoms with Crippen LogP contribution in [0.4, 0.5) is 0 Å². The number of hydrogen-bond donors (Lipinski definition) is 3. The van der Waals surface area contributed by atoms with Crippen LogP contribution in [0, 0.1) is 4.77 Å². The molecule has 1 atom stereocenters. The Labute approximate surface area is 214 Å². The van der Waals surface area contributed by atoms with Gasteiger partial charge in [-0.3, -0.25) is 14.2 Å². The molecule has 4 rings (SSSR count). The molecule has 0 radical (unpaired) electrons. The molecule has 0 saturated carbocycles. The molecule has 1 amide bonds. The maximum atomic E-state index is 13.1. The summed E-state index contributed by atoms with van der Waals surface area (Å²) in [5, 5.41) is 4.09. The van der Waals surface area contributed by atoms with E-state index in [9.17, 15) is 9.59 Å². The van der Waals surface area contributed by atoms with E-state index in [4.69, 9.17) is 23.8 Å². The summed E-state index contributed by atoms with van der Waals surface area (Å²) in [5.41, 5.74) is 3.06. The van der Waals surface area contributed by atoms with Gasteiger partial charge in [0.05, 0.1) is 31.0 Å². The molecular weight excluding hydrogens is 480 g/mol. The molecule has 1 aromatic heterocycles. The van der Waals surface area contributed by atoms with E-state index in [0.29, 0.717) is 39.3 Å². The molecule has 1 heterocycles.